The van der Waals surface area contributed by atoms with Gasteiger partial charge in [0.15, 0.2) is 0 Å². The maximum atomic E-state index is 13.0. The molecule has 2 aliphatic heterocycles. The molecule has 2 saturated heterocycles. The fourth-order valence-corrected chi connectivity index (χ4v) is 4.62. The first-order valence-electron chi connectivity index (χ1n) is 10.4. The Kier molecular flexibility index (Phi) is 6.16. The van der Waals surface area contributed by atoms with Crippen molar-refractivity contribution in [2.75, 3.05) is 32.7 Å². The summed E-state index contributed by atoms with van der Waals surface area (Å²) in [5, 5.41) is 4.40. The standard InChI is InChI=1S/C22H29BrN4O/c1-17-8-11-25(12-9-17)14-18-3-2-10-26(15-18)22(28)19-13-24-27(16-19)21-6-4-20(23)5-7-21/h4-7,13,16-18H,2-3,8-12,14-15H2,1H3. The molecule has 0 radical (unpaired) electrons. The minimum Gasteiger partial charge on any atom is -0.338 e. The molecule has 6 heteroatoms. The topological polar surface area (TPSA) is 41.4 Å². The Labute approximate surface area is 175 Å². The van der Waals surface area contributed by atoms with Gasteiger partial charge in [0, 0.05) is 30.3 Å². The zero-order valence-electron chi connectivity index (χ0n) is 16.6. The number of piperidine rings is 2. The van der Waals surface area contributed by atoms with Crippen molar-refractivity contribution in [1.82, 2.24) is 19.6 Å². The van der Waals surface area contributed by atoms with Crippen molar-refractivity contribution in [2.24, 2.45) is 11.8 Å². The minimum absolute atomic E-state index is 0.111. The van der Waals surface area contributed by atoms with Crippen LogP contribution in [0.3, 0.4) is 0 Å². The Morgan fingerprint density at radius 2 is 1.89 bits per heavy atom. The zero-order valence-corrected chi connectivity index (χ0v) is 18.1. The van der Waals surface area contributed by atoms with E-state index in [1.807, 2.05) is 35.4 Å². The highest BCUT2D eigenvalue weighted by molar-refractivity contribution is 9.10. The van der Waals surface area contributed by atoms with E-state index in [1.54, 1.807) is 10.9 Å². The largest absolute Gasteiger partial charge is 0.338 e. The molecule has 1 amide bonds. The van der Waals surface area contributed by atoms with Crippen LogP contribution in [0.15, 0.2) is 41.1 Å². The van der Waals surface area contributed by atoms with E-state index in [1.165, 1.54) is 32.4 Å². The van der Waals surface area contributed by atoms with Gasteiger partial charge < -0.3 is 9.80 Å². The summed E-state index contributed by atoms with van der Waals surface area (Å²) < 4.78 is 2.80. The average molecular weight is 445 g/mol. The van der Waals surface area contributed by atoms with Crippen molar-refractivity contribution in [3.8, 4) is 5.69 Å². The Bertz CT molecular complexity index is 795. The van der Waals surface area contributed by atoms with E-state index < -0.39 is 0 Å². The third-order valence-electron chi connectivity index (χ3n) is 6.12. The van der Waals surface area contributed by atoms with Crippen LogP contribution in [0.2, 0.25) is 0 Å². The summed E-state index contributed by atoms with van der Waals surface area (Å²) in [7, 11) is 0. The maximum Gasteiger partial charge on any atom is 0.257 e. The van der Waals surface area contributed by atoms with Crippen LogP contribution in [0.5, 0.6) is 0 Å². The summed E-state index contributed by atoms with van der Waals surface area (Å²) >= 11 is 3.45. The summed E-state index contributed by atoms with van der Waals surface area (Å²) in [6.07, 6.45) is 8.49. The Hall–Kier alpha value is -1.66. The highest BCUT2D eigenvalue weighted by atomic mass is 79.9. The molecule has 2 fully saturated rings. The summed E-state index contributed by atoms with van der Waals surface area (Å²) in [5.41, 5.74) is 1.63. The summed E-state index contributed by atoms with van der Waals surface area (Å²) in [5.74, 6) is 1.57. The van der Waals surface area contributed by atoms with Gasteiger partial charge in [-0.1, -0.05) is 22.9 Å². The predicted molar refractivity (Wildman–Crippen MR) is 115 cm³/mol. The lowest BCUT2D eigenvalue weighted by atomic mass is 9.94. The third kappa shape index (κ3) is 4.66. The molecule has 1 atom stereocenters. The smallest absolute Gasteiger partial charge is 0.257 e. The molecule has 1 aromatic carbocycles. The van der Waals surface area contributed by atoms with E-state index >= 15 is 0 Å². The number of hydrogen-bond acceptors (Lipinski definition) is 3. The molecule has 0 bridgehead atoms. The average Bonchev–Trinajstić information content (AvgIpc) is 3.20. The molecule has 0 spiro atoms. The van der Waals surface area contributed by atoms with Crippen LogP contribution in [-0.2, 0) is 0 Å². The number of carbonyl (C=O) groups is 1. The number of halogens is 1. The van der Waals surface area contributed by atoms with E-state index in [2.05, 4.69) is 32.9 Å². The SMILES string of the molecule is CC1CCN(CC2CCCN(C(=O)c3cnn(-c4ccc(Br)cc4)c3)C2)CC1. The quantitative estimate of drug-likeness (QED) is 0.708. The van der Waals surface area contributed by atoms with E-state index in [0.717, 1.165) is 42.1 Å². The Morgan fingerprint density at radius 3 is 2.64 bits per heavy atom. The number of benzene rings is 1. The van der Waals surface area contributed by atoms with Gasteiger partial charge in [0.05, 0.1) is 17.4 Å². The molecule has 4 rings (SSSR count). The summed E-state index contributed by atoms with van der Waals surface area (Å²) in [6.45, 7) is 7.64. The third-order valence-corrected chi connectivity index (χ3v) is 6.65. The summed E-state index contributed by atoms with van der Waals surface area (Å²) in [4.78, 5) is 17.7. The van der Waals surface area contributed by atoms with Crippen LogP contribution in [0.4, 0.5) is 0 Å². The van der Waals surface area contributed by atoms with Gasteiger partial charge in [0.2, 0.25) is 0 Å². The highest BCUT2D eigenvalue weighted by Crippen LogP contribution is 2.23. The molecule has 150 valence electrons. The van der Waals surface area contributed by atoms with Crippen LogP contribution in [0.1, 0.15) is 43.0 Å². The predicted octanol–water partition coefficient (Wildman–Crippen LogP) is 4.22. The van der Waals surface area contributed by atoms with Gasteiger partial charge in [-0.15, -0.1) is 0 Å². The van der Waals surface area contributed by atoms with Crippen LogP contribution < -0.4 is 0 Å². The first-order valence-corrected chi connectivity index (χ1v) is 11.2. The lowest BCUT2D eigenvalue weighted by Crippen LogP contribution is -2.45. The number of likely N-dealkylation sites (tertiary alicyclic amines) is 2. The van der Waals surface area contributed by atoms with Gasteiger partial charge in [-0.25, -0.2) is 4.68 Å². The summed E-state index contributed by atoms with van der Waals surface area (Å²) in [6, 6.07) is 7.94. The molecular weight excluding hydrogens is 416 g/mol. The molecule has 5 nitrogen and oxygen atoms in total. The normalized spacial score (nSPS) is 21.8. The van der Waals surface area contributed by atoms with Gasteiger partial charge in [-0.3, -0.25) is 4.79 Å². The molecule has 0 aliphatic carbocycles. The van der Waals surface area contributed by atoms with Crippen LogP contribution >= 0.6 is 15.9 Å². The fourth-order valence-electron chi connectivity index (χ4n) is 4.36. The molecule has 1 aromatic heterocycles. The molecule has 2 aliphatic rings. The first-order chi connectivity index (χ1) is 13.6. The zero-order chi connectivity index (χ0) is 19.5. The second-order valence-electron chi connectivity index (χ2n) is 8.39. The molecule has 0 N–H and O–H groups in total. The molecular formula is C22H29BrN4O. The van der Waals surface area contributed by atoms with Crippen molar-refractivity contribution < 1.29 is 4.79 Å². The number of carbonyl (C=O) groups excluding carboxylic acids is 1. The van der Waals surface area contributed by atoms with Crippen molar-refractivity contribution in [3.05, 3.63) is 46.7 Å². The van der Waals surface area contributed by atoms with Crippen LogP contribution in [0.25, 0.3) is 5.69 Å². The number of amides is 1. The highest BCUT2D eigenvalue weighted by Gasteiger charge is 2.27. The maximum absolute atomic E-state index is 13.0. The van der Waals surface area contributed by atoms with Gasteiger partial charge in [0.25, 0.3) is 5.91 Å². The molecule has 0 saturated carbocycles. The molecule has 3 heterocycles. The molecule has 2 aromatic rings. The minimum atomic E-state index is 0.111. The first kappa shape index (κ1) is 19.6. The lowest BCUT2D eigenvalue weighted by Gasteiger charge is -2.37. The van der Waals surface area contributed by atoms with E-state index in [0.29, 0.717) is 11.5 Å². The van der Waals surface area contributed by atoms with Gasteiger partial charge >= 0.3 is 0 Å². The van der Waals surface area contributed by atoms with Crippen molar-refractivity contribution >= 4 is 21.8 Å². The van der Waals surface area contributed by atoms with Gasteiger partial charge in [-0.05, 0) is 74.9 Å². The second kappa shape index (κ2) is 8.78. The van der Waals surface area contributed by atoms with E-state index in [9.17, 15) is 4.79 Å². The van der Waals surface area contributed by atoms with Crippen LogP contribution in [-0.4, -0.2) is 58.2 Å². The number of rotatable bonds is 4. The molecule has 28 heavy (non-hydrogen) atoms. The monoisotopic (exact) mass is 444 g/mol. The van der Waals surface area contributed by atoms with Crippen molar-refractivity contribution in [2.45, 2.75) is 32.6 Å². The fraction of sp³-hybridized carbons (Fsp3) is 0.545. The van der Waals surface area contributed by atoms with Crippen molar-refractivity contribution in [3.63, 3.8) is 0 Å². The van der Waals surface area contributed by atoms with Crippen LogP contribution in [0, 0.1) is 11.8 Å². The number of nitrogens with zero attached hydrogens (tertiary/aromatic N) is 4. The second-order valence-corrected chi connectivity index (χ2v) is 9.31. The van der Waals surface area contributed by atoms with Crippen molar-refractivity contribution in [1.29, 1.82) is 0 Å². The number of aromatic nitrogens is 2. The Morgan fingerprint density at radius 1 is 1.14 bits per heavy atom. The van der Waals surface area contributed by atoms with E-state index in [4.69, 9.17) is 0 Å². The lowest BCUT2D eigenvalue weighted by molar-refractivity contribution is 0.0622. The molecule has 1 unspecified atom stereocenters. The van der Waals surface area contributed by atoms with Gasteiger partial charge in [-0.2, -0.15) is 5.10 Å². The van der Waals surface area contributed by atoms with E-state index in [-0.39, 0.29) is 5.91 Å². The Balaban J connectivity index is 1.37. The number of hydrogen-bond donors (Lipinski definition) is 0. The van der Waals surface area contributed by atoms with Gasteiger partial charge in [0.1, 0.15) is 0 Å².